The Hall–Kier alpha value is -1.25. The minimum Gasteiger partial charge on any atom is -0.299 e. The van der Waals surface area contributed by atoms with Crippen molar-refractivity contribution in [3.8, 4) is 0 Å². The number of hydrogen-bond donors (Lipinski definition) is 0. The van der Waals surface area contributed by atoms with E-state index in [2.05, 4.69) is 9.97 Å². The van der Waals surface area contributed by atoms with Crippen LogP contribution in [0.5, 0.6) is 0 Å². The summed E-state index contributed by atoms with van der Waals surface area (Å²) in [6, 6.07) is 0. The SMILES string of the molecule is CCC(C(C)=O)c1ncc(C)cn1. The molecule has 1 atom stereocenters. The van der Waals surface area contributed by atoms with Gasteiger partial charge in [0.15, 0.2) is 0 Å². The average molecular weight is 178 g/mol. The molecule has 1 heterocycles. The molecule has 0 radical (unpaired) electrons. The quantitative estimate of drug-likeness (QED) is 0.709. The van der Waals surface area contributed by atoms with Gasteiger partial charge in [0.05, 0.1) is 5.92 Å². The summed E-state index contributed by atoms with van der Waals surface area (Å²) in [7, 11) is 0. The number of carbonyl (C=O) groups excluding carboxylic acids is 1. The first-order valence-electron chi connectivity index (χ1n) is 4.44. The second-order valence-electron chi connectivity index (χ2n) is 3.19. The topological polar surface area (TPSA) is 42.9 Å². The minimum atomic E-state index is -0.138. The third-order valence-corrected chi connectivity index (χ3v) is 2.01. The lowest BCUT2D eigenvalue weighted by atomic mass is 10.0. The number of hydrogen-bond acceptors (Lipinski definition) is 3. The van der Waals surface area contributed by atoms with Crippen molar-refractivity contribution in [3.05, 3.63) is 23.8 Å². The molecule has 3 heteroatoms. The molecule has 0 aliphatic rings. The van der Waals surface area contributed by atoms with Crippen LogP contribution in [0.1, 0.15) is 37.6 Å². The fourth-order valence-corrected chi connectivity index (χ4v) is 1.23. The second-order valence-corrected chi connectivity index (χ2v) is 3.19. The molecule has 1 aromatic rings. The van der Waals surface area contributed by atoms with Gasteiger partial charge >= 0.3 is 0 Å². The highest BCUT2D eigenvalue weighted by atomic mass is 16.1. The molecule has 1 unspecified atom stereocenters. The summed E-state index contributed by atoms with van der Waals surface area (Å²) in [4.78, 5) is 19.5. The van der Waals surface area contributed by atoms with Crippen LogP contribution in [-0.4, -0.2) is 15.8 Å². The predicted octanol–water partition coefficient (Wildman–Crippen LogP) is 1.87. The van der Waals surface area contributed by atoms with Gasteiger partial charge in [0.25, 0.3) is 0 Å². The molecule has 0 N–H and O–H groups in total. The highest BCUT2D eigenvalue weighted by molar-refractivity contribution is 5.82. The van der Waals surface area contributed by atoms with Crippen molar-refractivity contribution in [2.24, 2.45) is 0 Å². The zero-order chi connectivity index (χ0) is 9.84. The number of nitrogens with zero attached hydrogens (tertiary/aromatic N) is 2. The van der Waals surface area contributed by atoms with Gasteiger partial charge in [-0.2, -0.15) is 0 Å². The van der Waals surface area contributed by atoms with E-state index in [0.29, 0.717) is 5.82 Å². The first-order chi connectivity index (χ1) is 6.15. The molecule has 0 amide bonds. The lowest BCUT2D eigenvalue weighted by Crippen LogP contribution is -2.11. The highest BCUT2D eigenvalue weighted by Gasteiger charge is 2.16. The third kappa shape index (κ3) is 2.34. The van der Waals surface area contributed by atoms with Crippen molar-refractivity contribution < 1.29 is 4.79 Å². The fraction of sp³-hybridized carbons (Fsp3) is 0.500. The van der Waals surface area contributed by atoms with Gasteiger partial charge in [0.2, 0.25) is 0 Å². The Kier molecular flexibility index (Phi) is 3.12. The van der Waals surface area contributed by atoms with Crippen LogP contribution in [0.25, 0.3) is 0 Å². The summed E-state index contributed by atoms with van der Waals surface area (Å²) >= 11 is 0. The summed E-state index contributed by atoms with van der Waals surface area (Å²) in [5.41, 5.74) is 1.02. The van der Waals surface area contributed by atoms with Crippen LogP contribution < -0.4 is 0 Å². The average Bonchev–Trinajstić information content (AvgIpc) is 2.09. The van der Waals surface area contributed by atoms with Crippen molar-refractivity contribution in [3.63, 3.8) is 0 Å². The smallest absolute Gasteiger partial charge is 0.140 e. The van der Waals surface area contributed by atoms with Crippen molar-refractivity contribution >= 4 is 5.78 Å². The molecule has 0 bridgehead atoms. The summed E-state index contributed by atoms with van der Waals surface area (Å²) in [5.74, 6) is 0.632. The summed E-state index contributed by atoms with van der Waals surface area (Å²) in [6.45, 7) is 5.48. The first kappa shape index (κ1) is 9.84. The summed E-state index contributed by atoms with van der Waals surface area (Å²) < 4.78 is 0. The van der Waals surface area contributed by atoms with Crippen molar-refractivity contribution in [2.45, 2.75) is 33.1 Å². The van der Waals surface area contributed by atoms with Crippen LogP contribution in [0.3, 0.4) is 0 Å². The van der Waals surface area contributed by atoms with Gasteiger partial charge in [0, 0.05) is 12.4 Å². The zero-order valence-electron chi connectivity index (χ0n) is 8.24. The van der Waals surface area contributed by atoms with Gasteiger partial charge in [-0.25, -0.2) is 9.97 Å². The van der Waals surface area contributed by atoms with Crippen LogP contribution in [0, 0.1) is 6.92 Å². The van der Waals surface area contributed by atoms with Gasteiger partial charge in [-0.15, -0.1) is 0 Å². The predicted molar refractivity (Wildman–Crippen MR) is 50.5 cm³/mol. The maximum absolute atomic E-state index is 11.2. The lowest BCUT2D eigenvalue weighted by molar-refractivity contribution is -0.118. The Morgan fingerprint density at radius 2 is 2.00 bits per heavy atom. The van der Waals surface area contributed by atoms with Crippen LogP contribution in [-0.2, 0) is 4.79 Å². The molecule has 0 aliphatic heterocycles. The zero-order valence-corrected chi connectivity index (χ0v) is 8.24. The lowest BCUT2D eigenvalue weighted by Gasteiger charge is -2.08. The maximum Gasteiger partial charge on any atom is 0.140 e. The van der Waals surface area contributed by atoms with E-state index in [0.717, 1.165) is 12.0 Å². The van der Waals surface area contributed by atoms with Crippen LogP contribution in [0.15, 0.2) is 12.4 Å². The van der Waals surface area contributed by atoms with Gasteiger partial charge in [-0.3, -0.25) is 4.79 Å². The standard InChI is InChI=1S/C10H14N2O/c1-4-9(8(3)13)10-11-5-7(2)6-12-10/h5-6,9H,4H2,1-3H3. The van der Waals surface area contributed by atoms with E-state index in [1.807, 2.05) is 13.8 Å². The van der Waals surface area contributed by atoms with E-state index in [9.17, 15) is 4.79 Å². The number of aromatic nitrogens is 2. The molecular formula is C10H14N2O. The molecule has 0 fully saturated rings. The van der Waals surface area contributed by atoms with E-state index in [1.165, 1.54) is 0 Å². The van der Waals surface area contributed by atoms with Gasteiger partial charge < -0.3 is 0 Å². The van der Waals surface area contributed by atoms with Crippen LogP contribution in [0.2, 0.25) is 0 Å². The molecule has 3 nitrogen and oxygen atoms in total. The normalized spacial score (nSPS) is 12.5. The molecule has 70 valence electrons. The molecule has 0 saturated carbocycles. The van der Waals surface area contributed by atoms with Gasteiger partial charge in [-0.05, 0) is 25.8 Å². The van der Waals surface area contributed by atoms with Crippen LogP contribution in [0.4, 0.5) is 0 Å². The van der Waals surface area contributed by atoms with Gasteiger partial charge in [0.1, 0.15) is 11.6 Å². The molecule has 0 aromatic carbocycles. The van der Waals surface area contributed by atoms with Crippen molar-refractivity contribution in [1.29, 1.82) is 0 Å². The molecule has 13 heavy (non-hydrogen) atoms. The number of ketones is 1. The summed E-state index contributed by atoms with van der Waals surface area (Å²) in [6.07, 6.45) is 4.25. The number of rotatable bonds is 3. The van der Waals surface area contributed by atoms with Crippen molar-refractivity contribution in [1.82, 2.24) is 9.97 Å². The highest BCUT2D eigenvalue weighted by Crippen LogP contribution is 2.15. The molecule has 1 rings (SSSR count). The molecule has 1 aromatic heterocycles. The van der Waals surface area contributed by atoms with Crippen molar-refractivity contribution in [2.75, 3.05) is 0 Å². The Morgan fingerprint density at radius 3 is 2.38 bits per heavy atom. The monoisotopic (exact) mass is 178 g/mol. The molecular weight excluding hydrogens is 164 g/mol. The van der Waals surface area contributed by atoms with E-state index < -0.39 is 0 Å². The Morgan fingerprint density at radius 1 is 1.46 bits per heavy atom. The molecule has 0 saturated heterocycles. The van der Waals surface area contributed by atoms with Gasteiger partial charge in [-0.1, -0.05) is 6.92 Å². The fourth-order valence-electron chi connectivity index (χ4n) is 1.23. The Labute approximate surface area is 78.2 Å². The third-order valence-electron chi connectivity index (χ3n) is 2.01. The van der Waals surface area contributed by atoms with E-state index in [-0.39, 0.29) is 11.7 Å². The van der Waals surface area contributed by atoms with E-state index >= 15 is 0 Å². The van der Waals surface area contributed by atoms with E-state index in [4.69, 9.17) is 0 Å². The second kappa shape index (κ2) is 4.12. The van der Waals surface area contributed by atoms with E-state index in [1.54, 1.807) is 19.3 Å². The Balaban J connectivity index is 2.92. The van der Waals surface area contributed by atoms with Crippen LogP contribution >= 0.6 is 0 Å². The molecule has 0 aliphatic carbocycles. The molecule has 0 spiro atoms. The Bertz CT molecular complexity index is 292. The minimum absolute atomic E-state index is 0.131. The summed E-state index contributed by atoms with van der Waals surface area (Å²) in [5, 5.41) is 0. The maximum atomic E-state index is 11.2. The largest absolute Gasteiger partial charge is 0.299 e. The number of aryl methyl sites for hydroxylation is 1. The number of Topliss-reactive ketones (excluding diaryl/α,β-unsaturated/α-hetero) is 1. The number of carbonyl (C=O) groups is 1. The first-order valence-corrected chi connectivity index (χ1v) is 4.44.